The van der Waals surface area contributed by atoms with Crippen LogP contribution in [0.4, 0.5) is 0 Å². The van der Waals surface area contributed by atoms with Crippen molar-refractivity contribution in [1.29, 1.82) is 0 Å². The molecule has 1 aromatic heterocycles. The summed E-state index contributed by atoms with van der Waals surface area (Å²) in [7, 11) is 0. The number of rotatable bonds is 7. The number of aryl methyl sites for hydroxylation is 1. The minimum atomic E-state index is -0.469. The summed E-state index contributed by atoms with van der Waals surface area (Å²) in [5.74, 6) is 0.379. The van der Waals surface area contributed by atoms with Crippen LogP contribution in [0.15, 0.2) is 30.6 Å². The average Bonchev–Trinajstić information content (AvgIpc) is 2.85. The standard InChI is InChI=1S/C16H23N3O2/c1-12(2)9-13(20)10-17-16(21)7-8-19-11-18-14-5-3-4-6-15(14)19/h3-6,11-13,20H,7-10H2,1-2H3,(H,17,21). The Hall–Kier alpha value is -1.88. The Morgan fingerprint density at radius 1 is 1.38 bits per heavy atom. The maximum Gasteiger partial charge on any atom is 0.221 e. The lowest BCUT2D eigenvalue weighted by molar-refractivity contribution is -0.121. The Labute approximate surface area is 125 Å². The van der Waals surface area contributed by atoms with Crippen molar-refractivity contribution >= 4 is 16.9 Å². The van der Waals surface area contributed by atoms with Crippen LogP contribution in [0.1, 0.15) is 26.7 Å². The molecule has 2 aromatic rings. The predicted octanol–water partition coefficient (Wildman–Crippen LogP) is 1.95. The molecule has 0 fully saturated rings. The van der Waals surface area contributed by atoms with Crippen molar-refractivity contribution in [3.05, 3.63) is 30.6 Å². The van der Waals surface area contributed by atoms with Gasteiger partial charge in [0.1, 0.15) is 0 Å². The summed E-state index contributed by atoms with van der Waals surface area (Å²) in [6.45, 7) is 5.01. The number of nitrogens with one attached hydrogen (secondary N) is 1. The second kappa shape index (κ2) is 7.22. The topological polar surface area (TPSA) is 67.2 Å². The van der Waals surface area contributed by atoms with Gasteiger partial charge in [0.25, 0.3) is 0 Å². The van der Waals surface area contributed by atoms with Gasteiger partial charge in [0, 0.05) is 19.5 Å². The van der Waals surface area contributed by atoms with Crippen molar-refractivity contribution in [3.8, 4) is 0 Å². The van der Waals surface area contributed by atoms with Gasteiger partial charge in [-0.05, 0) is 24.5 Å². The summed E-state index contributed by atoms with van der Waals surface area (Å²) in [6, 6.07) is 7.85. The number of nitrogens with zero attached hydrogens (tertiary/aromatic N) is 2. The van der Waals surface area contributed by atoms with Crippen molar-refractivity contribution in [2.75, 3.05) is 6.54 Å². The summed E-state index contributed by atoms with van der Waals surface area (Å²) in [6.07, 6.45) is 2.37. The molecular formula is C16H23N3O2. The van der Waals surface area contributed by atoms with Crippen LogP contribution in [0.25, 0.3) is 11.0 Å². The van der Waals surface area contributed by atoms with Crippen molar-refractivity contribution in [3.63, 3.8) is 0 Å². The second-order valence-electron chi connectivity index (χ2n) is 5.76. The number of para-hydroxylation sites is 2. The van der Waals surface area contributed by atoms with Gasteiger partial charge in [0.05, 0.1) is 23.5 Å². The number of hydrogen-bond acceptors (Lipinski definition) is 3. The number of imidazole rings is 1. The molecule has 0 aliphatic carbocycles. The SMILES string of the molecule is CC(C)CC(O)CNC(=O)CCn1cnc2ccccc21. The number of carbonyl (C=O) groups is 1. The highest BCUT2D eigenvalue weighted by atomic mass is 16.3. The smallest absolute Gasteiger partial charge is 0.221 e. The molecule has 1 amide bonds. The van der Waals surface area contributed by atoms with Crippen LogP contribution >= 0.6 is 0 Å². The summed E-state index contributed by atoms with van der Waals surface area (Å²) >= 11 is 0. The summed E-state index contributed by atoms with van der Waals surface area (Å²) in [4.78, 5) is 16.1. The van der Waals surface area contributed by atoms with E-state index in [1.54, 1.807) is 6.33 Å². The molecule has 5 nitrogen and oxygen atoms in total. The fourth-order valence-corrected chi connectivity index (χ4v) is 2.36. The van der Waals surface area contributed by atoms with Crippen molar-refractivity contribution in [2.24, 2.45) is 5.92 Å². The third-order valence-corrected chi connectivity index (χ3v) is 3.39. The third kappa shape index (κ3) is 4.56. The van der Waals surface area contributed by atoms with Gasteiger partial charge in [-0.3, -0.25) is 4.79 Å². The molecule has 114 valence electrons. The molecule has 0 aliphatic heterocycles. The first-order chi connectivity index (χ1) is 10.1. The van der Waals surface area contributed by atoms with Crippen LogP contribution in [0.2, 0.25) is 0 Å². The van der Waals surface area contributed by atoms with E-state index < -0.39 is 6.10 Å². The van der Waals surface area contributed by atoms with E-state index in [1.807, 2.05) is 28.8 Å². The lowest BCUT2D eigenvalue weighted by Crippen LogP contribution is -2.33. The molecule has 1 aromatic carbocycles. The van der Waals surface area contributed by atoms with Crippen molar-refractivity contribution < 1.29 is 9.90 Å². The van der Waals surface area contributed by atoms with E-state index in [0.29, 0.717) is 31.8 Å². The molecule has 1 unspecified atom stereocenters. The van der Waals surface area contributed by atoms with Gasteiger partial charge >= 0.3 is 0 Å². The normalized spacial score (nSPS) is 12.8. The fourth-order valence-electron chi connectivity index (χ4n) is 2.36. The van der Waals surface area contributed by atoms with E-state index in [-0.39, 0.29) is 5.91 Å². The van der Waals surface area contributed by atoms with Gasteiger partial charge in [-0.15, -0.1) is 0 Å². The number of aliphatic hydroxyl groups excluding tert-OH is 1. The zero-order valence-corrected chi connectivity index (χ0v) is 12.6. The van der Waals surface area contributed by atoms with Crippen LogP contribution in [0, 0.1) is 5.92 Å². The number of amides is 1. The van der Waals surface area contributed by atoms with E-state index in [2.05, 4.69) is 24.1 Å². The number of hydrogen-bond donors (Lipinski definition) is 2. The van der Waals surface area contributed by atoms with Gasteiger partial charge in [-0.25, -0.2) is 4.98 Å². The highest BCUT2D eigenvalue weighted by molar-refractivity contribution is 5.77. The van der Waals surface area contributed by atoms with E-state index >= 15 is 0 Å². The summed E-state index contributed by atoms with van der Waals surface area (Å²) in [5, 5.41) is 12.5. The van der Waals surface area contributed by atoms with Crippen LogP contribution in [-0.4, -0.2) is 33.2 Å². The maximum atomic E-state index is 11.8. The van der Waals surface area contributed by atoms with Crippen LogP contribution in [-0.2, 0) is 11.3 Å². The minimum Gasteiger partial charge on any atom is -0.391 e. The number of aromatic nitrogens is 2. The van der Waals surface area contributed by atoms with Gasteiger partial charge in [-0.2, -0.15) is 0 Å². The van der Waals surface area contributed by atoms with Crippen LogP contribution in [0.5, 0.6) is 0 Å². The molecule has 0 aliphatic rings. The molecule has 0 saturated heterocycles. The molecule has 5 heteroatoms. The molecule has 0 radical (unpaired) electrons. The Morgan fingerprint density at radius 3 is 2.90 bits per heavy atom. The van der Waals surface area contributed by atoms with E-state index in [9.17, 15) is 9.90 Å². The lowest BCUT2D eigenvalue weighted by Gasteiger charge is -2.14. The Bertz CT molecular complexity index is 592. The zero-order chi connectivity index (χ0) is 15.2. The number of carbonyl (C=O) groups excluding carboxylic acids is 1. The van der Waals surface area contributed by atoms with Crippen molar-refractivity contribution in [2.45, 2.75) is 39.3 Å². The van der Waals surface area contributed by atoms with Crippen molar-refractivity contribution in [1.82, 2.24) is 14.9 Å². The molecule has 1 atom stereocenters. The largest absolute Gasteiger partial charge is 0.391 e. The van der Waals surface area contributed by atoms with Gasteiger partial charge in [0.15, 0.2) is 0 Å². The molecule has 1 heterocycles. The molecule has 2 rings (SSSR count). The maximum absolute atomic E-state index is 11.8. The van der Waals surface area contributed by atoms with Crippen LogP contribution < -0.4 is 5.32 Å². The number of benzene rings is 1. The molecule has 2 N–H and O–H groups in total. The monoisotopic (exact) mass is 289 g/mol. The lowest BCUT2D eigenvalue weighted by atomic mass is 10.1. The highest BCUT2D eigenvalue weighted by Gasteiger charge is 2.09. The zero-order valence-electron chi connectivity index (χ0n) is 12.6. The molecule has 0 bridgehead atoms. The quantitative estimate of drug-likeness (QED) is 0.818. The number of aliphatic hydroxyl groups is 1. The molecule has 0 spiro atoms. The Morgan fingerprint density at radius 2 is 2.14 bits per heavy atom. The van der Waals surface area contributed by atoms with Gasteiger partial charge in [-0.1, -0.05) is 26.0 Å². The van der Waals surface area contributed by atoms with Gasteiger partial charge in [0.2, 0.25) is 5.91 Å². The Kier molecular flexibility index (Phi) is 5.33. The predicted molar refractivity (Wildman–Crippen MR) is 82.8 cm³/mol. The van der Waals surface area contributed by atoms with E-state index in [1.165, 1.54) is 0 Å². The average molecular weight is 289 g/mol. The third-order valence-electron chi connectivity index (χ3n) is 3.39. The van der Waals surface area contributed by atoms with Crippen LogP contribution in [0.3, 0.4) is 0 Å². The molecule has 21 heavy (non-hydrogen) atoms. The minimum absolute atomic E-state index is 0.0458. The molecular weight excluding hydrogens is 266 g/mol. The van der Waals surface area contributed by atoms with E-state index in [4.69, 9.17) is 0 Å². The summed E-state index contributed by atoms with van der Waals surface area (Å²) < 4.78 is 1.97. The Balaban J connectivity index is 1.79. The molecule has 0 saturated carbocycles. The van der Waals surface area contributed by atoms with Gasteiger partial charge < -0.3 is 15.0 Å². The number of fused-ring (bicyclic) bond motifs is 1. The second-order valence-corrected chi connectivity index (χ2v) is 5.76. The summed E-state index contributed by atoms with van der Waals surface area (Å²) in [5.41, 5.74) is 1.97. The first-order valence-corrected chi connectivity index (χ1v) is 7.41. The fraction of sp³-hybridized carbons (Fsp3) is 0.500. The highest BCUT2D eigenvalue weighted by Crippen LogP contribution is 2.12. The first kappa shape index (κ1) is 15.5. The van der Waals surface area contributed by atoms with E-state index in [0.717, 1.165) is 11.0 Å². The first-order valence-electron chi connectivity index (χ1n) is 7.41.